The molecule has 16 heavy (non-hydrogen) atoms. The van der Waals surface area contributed by atoms with E-state index < -0.39 is 0 Å². The van der Waals surface area contributed by atoms with Crippen LogP contribution in [-0.2, 0) is 9.53 Å². The zero-order chi connectivity index (χ0) is 12.1. The van der Waals surface area contributed by atoms with Gasteiger partial charge in [0, 0.05) is 13.1 Å². The van der Waals surface area contributed by atoms with E-state index in [9.17, 15) is 9.90 Å². The molecule has 1 rings (SSSR count). The lowest BCUT2D eigenvalue weighted by Crippen LogP contribution is -2.37. The predicted octanol–water partition coefficient (Wildman–Crippen LogP) is 1.17. The van der Waals surface area contributed by atoms with E-state index in [1.807, 2.05) is 13.8 Å². The molecular formula is C12H23NO3. The second-order valence-corrected chi connectivity index (χ2v) is 4.84. The van der Waals surface area contributed by atoms with E-state index in [1.165, 1.54) is 0 Å². The van der Waals surface area contributed by atoms with Crippen molar-refractivity contribution in [1.29, 1.82) is 0 Å². The molecule has 1 saturated carbocycles. The molecule has 4 heteroatoms. The van der Waals surface area contributed by atoms with Crippen molar-refractivity contribution in [2.45, 2.75) is 57.8 Å². The molecule has 0 bridgehead atoms. The maximum Gasteiger partial charge on any atom is 0.248 e. The number of aliphatic hydroxyl groups is 1. The normalized spacial score (nSPS) is 25.8. The summed E-state index contributed by atoms with van der Waals surface area (Å²) in [7, 11) is 1.79. The standard InChI is InChI=1S/C12H23NO3/c1-9(2)13(3)12(15)8-16-11-6-4-10(14)5-7-11/h9-11,14H,4-8H2,1-3H3. The summed E-state index contributed by atoms with van der Waals surface area (Å²) in [5, 5.41) is 9.33. The highest BCUT2D eigenvalue weighted by molar-refractivity contribution is 5.77. The van der Waals surface area contributed by atoms with Gasteiger partial charge in [-0.15, -0.1) is 0 Å². The Morgan fingerprint density at radius 1 is 1.38 bits per heavy atom. The third-order valence-corrected chi connectivity index (χ3v) is 3.25. The first-order valence-corrected chi connectivity index (χ1v) is 6.06. The first kappa shape index (κ1) is 13.5. The lowest BCUT2D eigenvalue weighted by atomic mass is 9.95. The Morgan fingerprint density at radius 3 is 2.44 bits per heavy atom. The summed E-state index contributed by atoms with van der Waals surface area (Å²) in [6, 6.07) is 0.212. The number of carbonyl (C=O) groups is 1. The van der Waals surface area contributed by atoms with Gasteiger partial charge in [-0.25, -0.2) is 0 Å². The highest BCUT2D eigenvalue weighted by Gasteiger charge is 2.21. The average Bonchev–Trinajstić information content (AvgIpc) is 2.26. The van der Waals surface area contributed by atoms with E-state index in [0.29, 0.717) is 0 Å². The van der Waals surface area contributed by atoms with Crippen molar-refractivity contribution in [3.05, 3.63) is 0 Å². The molecular weight excluding hydrogens is 206 g/mol. The van der Waals surface area contributed by atoms with Crippen LogP contribution < -0.4 is 0 Å². The number of carbonyl (C=O) groups excluding carboxylic acids is 1. The van der Waals surface area contributed by atoms with Crippen LogP contribution in [0.25, 0.3) is 0 Å². The zero-order valence-electron chi connectivity index (χ0n) is 10.5. The molecule has 0 radical (unpaired) electrons. The molecule has 1 amide bonds. The highest BCUT2D eigenvalue weighted by Crippen LogP contribution is 2.20. The first-order valence-electron chi connectivity index (χ1n) is 6.06. The number of aliphatic hydroxyl groups excluding tert-OH is 1. The second kappa shape index (κ2) is 6.21. The summed E-state index contributed by atoms with van der Waals surface area (Å²) in [5.41, 5.74) is 0. The van der Waals surface area contributed by atoms with Gasteiger partial charge >= 0.3 is 0 Å². The van der Waals surface area contributed by atoms with Gasteiger partial charge in [-0.2, -0.15) is 0 Å². The minimum Gasteiger partial charge on any atom is -0.393 e. The summed E-state index contributed by atoms with van der Waals surface area (Å²) in [6.45, 7) is 4.12. The molecule has 0 atom stereocenters. The van der Waals surface area contributed by atoms with Crippen molar-refractivity contribution in [2.24, 2.45) is 0 Å². The molecule has 0 aromatic rings. The SMILES string of the molecule is CC(C)N(C)C(=O)COC1CCC(O)CC1. The quantitative estimate of drug-likeness (QED) is 0.787. The number of amides is 1. The molecule has 1 fully saturated rings. The number of hydrogen-bond acceptors (Lipinski definition) is 3. The van der Waals surface area contributed by atoms with Gasteiger partial charge in [0.15, 0.2) is 0 Å². The third kappa shape index (κ3) is 4.10. The molecule has 0 unspecified atom stereocenters. The van der Waals surface area contributed by atoms with Gasteiger partial charge in [0.1, 0.15) is 6.61 Å². The van der Waals surface area contributed by atoms with E-state index in [-0.39, 0.29) is 30.8 Å². The van der Waals surface area contributed by atoms with Crippen LogP contribution in [0.3, 0.4) is 0 Å². The van der Waals surface area contributed by atoms with Gasteiger partial charge in [-0.1, -0.05) is 0 Å². The van der Waals surface area contributed by atoms with Crippen LogP contribution in [0.2, 0.25) is 0 Å². The summed E-state index contributed by atoms with van der Waals surface area (Å²) < 4.78 is 5.56. The largest absolute Gasteiger partial charge is 0.393 e. The Balaban J connectivity index is 2.22. The summed E-state index contributed by atoms with van der Waals surface area (Å²) >= 11 is 0. The number of likely N-dealkylation sites (N-methyl/N-ethyl adjacent to an activating group) is 1. The highest BCUT2D eigenvalue weighted by atomic mass is 16.5. The van der Waals surface area contributed by atoms with Crippen LogP contribution in [-0.4, -0.2) is 47.8 Å². The molecule has 0 aliphatic heterocycles. The maximum atomic E-state index is 11.6. The predicted molar refractivity (Wildman–Crippen MR) is 62.1 cm³/mol. The van der Waals surface area contributed by atoms with Crippen molar-refractivity contribution >= 4 is 5.91 Å². The maximum absolute atomic E-state index is 11.6. The first-order chi connectivity index (χ1) is 7.50. The minimum atomic E-state index is -0.172. The molecule has 0 saturated heterocycles. The van der Waals surface area contributed by atoms with Crippen molar-refractivity contribution in [1.82, 2.24) is 4.90 Å². The van der Waals surface area contributed by atoms with Crippen LogP contribution in [0.4, 0.5) is 0 Å². The fourth-order valence-electron chi connectivity index (χ4n) is 1.79. The van der Waals surface area contributed by atoms with Gasteiger partial charge in [-0.3, -0.25) is 4.79 Å². The number of ether oxygens (including phenoxy) is 1. The Morgan fingerprint density at radius 2 is 1.94 bits per heavy atom. The van der Waals surface area contributed by atoms with Crippen LogP contribution in [0.15, 0.2) is 0 Å². The molecule has 4 nitrogen and oxygen atoms in total. The van der Waals surface area contributed by atoms with Crippen LogP contribution in [0.5, 0.6) is 0 Å². The van der Waals surface area contributed by atoms with E-state index in [0.717, 1.165) is 25.7 Å². The summed E-state index contributed by atoms with van der Waals surface area (Å²) in [6.07, 6.45) is 3.28. The summed E-state index contributed by atoms with van der Waals surface area (Å²) in [4.78, 5) is 13.3. The van der Waals surface area contributed by atoms with Crippen LogP contribution >= 0.6 is 0 Å². The smallest absolute Gasteiger partial charge is 0.248 e. The fraction of sp³-hybridized carbons (Fsp3) is 0.917. The fourth-order valence-corrected chi connectivity index (χ4v) is 1.79. The number of rotatable bonds is 4. The van der Waals surface area contributed by atoms with Crippen molar-refractivity contribution in [2.75, 3.05) is 13.7 Å². The Labute approximate surface area is 97.6 Å². The summed E-state index contributed by atoms with van der Waals surface area (Å²) in [5.74, 6) is 0.0288. The van der Waals surface area contributed by atoms with Crippen LogP contribution in [0, 0.1) is 0 Å². The number of nitrogens with zero attached hydrogens (tertiary/aromatic N) is 1. The van der Waals surface area contributed by atoms with Gasteiger partial charge < -0.3 is 14.7 Å². The van der Waals surface area contributed by atoms with Crippen molar-refractivity contribution in [3.8, 4) is 0 Å². The van der Waals surface area contributed by atoms with Gasteiger partial charge in [0.25, 0.3) is 0 Å². The van der Waals surface area contributed by atoms with Gasteiger partial charge in [-0.05, 0) is 39.5 Å². The monoisotopic (exact) mass is 229 g/mol. The molecule has 94 valence electrons. The Hall–Kier alpha value is -0.610. The molecule has 0 spiro atoms. The molecule has 0 aromatic carbocycles. The van der Waals surface area contributed by atoms with E-state index in [2.05, 4.69) is 0 Å². The average molecular weight is 229 g/mol. The molecule has 0 aromatic heterocycles. The number of hydrogen-bond donors (Lipinski definition) is 1. The van der Waals surface area contributed by atoms with Crippen molar-refractivity contribution < 1.29 is 14.6 Å². The Bertz CT molecular complexity index is 222. The molecule has 0 heterocycles. The second-order valence-electron chi connectivity index (χ2n) is 4.84. The Kier molecular flexibility index (Phi) is 5.22. The molecule has 1 aliphatic rings. The van der Waals surface area contributed by atoms with Gasteiger partial charge in [0.05, 0.1) is 12.2 Å². The minimum absolute atomic E-state index is 0.0288. The molecule has 1 aliphatic carbocycles. The van der Waals surface area contributed by atoms with E-state index in [4.69, 9.17) is 4.74 Å². The lowest BCUT2D eigenvalue weighted by molar-refractivity contribution is -0.139. The van der Waals surface area contributed by atoms with E-state index >= 15 is 0 Å². The molecule has 1 N–H and O–H groups in total. The topological polar surface area (TPSA) is 49.8 Å². The third-order valence-electron chi connectivity index (χ3n) is 3.25. The van der Waals surface area contributed by atoms with Crippen molar-refractivity contribution in [3.63, 3.8) is 0 Å². The van der Waals surface area contributed by atoms with E-state index in [1.54, 1.807) is 11.9 Å². The zero-order valence-corrected chi connectivity index (χ0v) is 10.5. The lowest BCUT2D eigenvalue weighted by Gasteiger charge is -2.27. The van der Waals surface area contributed by atoms with Crippen LogP contribution in [0.1, 0.15) is 39.5 Å². The van der Waals surface area contributed by atoms with Gasteiger partial charge in [0.2, 0.25) is 5.91 Å².